The van der Waals surface area contributed by atoms with Gasteiger partial charge in [-0.2, -0.15) is 5.10 Å². The van der Waals surface area contributed by atoms with Crippen LogP contribution in [-0.2, 0) is 19.8 Å². The Labute approximate surface area is 239 Å². The van der Waals surface area contributed by atoms with Crippen molar-refractivity contribution in [2.45, 2.75) is 19.8 Å². The first kappa shape index (κ1) is 27.3. The highest BCUT2D eigenvalue weighted by Crippen LogP contribution is 2.22. The predicted octanol–water partition coefficient (Wildman–Crippen LogP) is 6.39. The summed E-state index contributed by atoms with van der Waals surface area (Å²) in [6.07, 6.45) is 3.72. The van der Waals surface area contributed by atoms with E-state index >= 15 is 0 Å². The fraction of sp³-hybridized carbons (Fsp3) is 0.111. The molecule has 0 aliphatic carbocycles. The number of aliphatic hydroxyl groups excluding tert-OH is 2. The van der Waals surface area contributed by atoms with Crippen molar-refractivity contribution in [2.24, 2.45) is 4.99 Å². The molecule has 7 nitrogen and oxygen atoms in total. The molecule has 5 aromatic rings. The highest BCUT2D eigenvalue weighted by atomic mass is 79.9. The normalized spacial score (nSPS) is 11.4. The fourth-order valence-electron chi connectivity index (χ4n) is 3.46. The summed E-state index contributed by atoms with van der Waals surface area (Å²) in [6.45, 7) is 0.769. The fourth-order valence-corrected chi connectivity index (χ4v) is 4.60. The molecule has 188 valence electrons. The molecule has 2 aromatic carbocycles. The topological polar surface area (TPSA) is 96.4 Å². The third kappa shape index (κ3) is 7.39. The Bertz CT molecular complexity index is 1540. The van der Waals surface area contributed by atoms with Gasteiger partial charge in [-0.25, -0.2) is 14.6 Å². The Hall–Kier alpha value is -2.76. The number of aliphatic imine (C=N–C) groups is 1. The summed E-state index contributed by atoms with van der Waals surface area (Å²) in [5.41, 5.74) is 4.86. The van der Waals surface area contributed by atoms with Crippen LogP contribution in [0.25, 0.3) is 16.7 Å². The van der Waals surface area contributed by atoms with Crippen molar-refractivity contribution < 1.29 is 10.2 Å². The van der Waals surface area contributed by atoms with Gasteiger partial charge < -0.3 is 10.2 Å². The summed E-state index contributed by atoms with van der Waals surface area (Å²) < 4.78 is 4.65. The van der Waals surface area contributed by atoms with E-state index in [9.17, 15) is 0 Å². The van der Waals surface area contributed by atoms with Gasteiger partial charge >= 0.3 is 0 Å². The standard InChI is InChI=1S/C13H10BrN3O.C8H6BrN.C6H6BrNO/c14-10-5-4-9-7-15-17(12(9)6-10)13-3-1-2-11(8-18)16-13;9-8-2-1-6-4-10-5-7(6)3-8;7-6-3-1-2-5(4-9)8-6/h1-7,18H,8H2;1-4H,5H2;1-3,9H,4H2. The van der Waals surface area contributed by atoms with Crippen LogP contribution >= 0.6 is 47.8 Å². The number of nitrogens with zero attached hydrogens (tertiary/aromatic N) is 5. The van der Waals surface area contributed by atoms with Crippen LogP contribution in [0, 0.1) is 0 Å². The molecule has 37 heavy (non-hydrogen) atoms. The second kappa shape index (κ2) is 13.2. The number of fused-ring (bicyclic) bond motifs is 2. The van der Waals surface area contributed by atoms with Crippen LogP contribution in [0.3, 0.4) is 0 Å². The molecule has 6 rings (SSSR count). The van der Waals surface area contributed by atoms with Crippen molar-refractivity contribution in [1.82, 2.24) is 19.7 Å². The lowest BCUT2D eigenvalue weighted by Crippen LogP contribution is -2.01. The lowest BCUT2D eigenvalue weighted by Gasteiger charge is -2.04. The van der Waals surface area contributed by atoms with Gasteiger partial charge in [-0.3, -0.25) is 4.99 Å². The van der Waals surface area contributed by atoms with Gasteiger partial charge in [-0.15, -0.1) is 0 Å². The highest BCUT2D eigenvalue weighted by molar-refractivity contribution is 9.11. The number of aliphatic hydroxyl groups is 2. The lowest BCUT2D eigenvalue weighted by atomic mass is 10.1. The second-order valence-electron chi connectivity index (χ2n) is 7.83. The van der Waals surface area contributed by atoms with Gasteiger partial charge in [0.1, 0.15) is 4.60 Å². The van der Waals surface area contributed by atoms with E-state index in [1.54, 1.807) is 23.0 Å². The third-order valence-corrected chi connectivity index (χ3v) is 6.66. The zero-order chi connectivity index (χ0) is 26.2. The van der Waals surface area contributed by atoms with Crippen molar-refractivity contribution in [2.75, 3.05) is 0 Å². The number of pyridine rings is 2. The molecule has 3 aromatic heterocycles. The van der Waals surface area contributed by atoms with E-state index in [0.717, 1.165) is 31.0 Å². The minimum atomic E-state index is -0.0727. The quantitative estimate of drug-likeness (QED) is 0.214. The van der Waals surface area contributed by atoms with E-state index < -0.39 is 0 Å². The van der Waals surface area contributed by atoms with Crippen molar-refractivity contribution in [3.8, 4) is 5.82 Å². The molecule has 1 aliphatic rings. The van der Waals surface area contributed by atoms with Crippen LogP contribution in [-0.4, -0.2) is 36.2 Å². The largest absolute Gasteiger partial charge is 0.390 e. The second-order valence-corrected chi connectivity index (χ2v) is 10.5. The molecular formula is C27H22Br3N5O2. The van der Waals surface area contributed by atoms with E-state index in [-0.39, 0.29) is 13.2 Å². The maximum atomic E-state index is 9.12. The molecule has 1 aliphatic heterocycles. The molecule has 0 unspecified atom stereocenters. The van der Waals surface area contributed by atoms with Crippen LogP contribution in [0.5, 0.6) is 0 Å². The van der Waals surface area contributed by atoms with E-state index in [1.807, 2.05) is 54.7 Å². The van der Waals surface area contributed by atoms with Crippen molar-refractivity contribution >= 4 is 64.9 Å². The zero-order valence-corrected chi connectivity index (χ0v) is 24.2. The Kier molecular flexibility index (Phi) is 9.70. The van der Waals surface area contributed by atoms with Gasteiger partial charge in [0.15, 0.2) is 5.82 Å². The number of benzene rings is 2. The molecular weight excluding hydrogens is 666 g/mol. The van der Waals surface area contributed by atoms with Crippen molar-refractivity contribution in [1.29, 1.82) is 0 Å². The SMILES string of the molecule is Brc1ccc2c(c1)CN=C2.OCc1cccc(-n2ncc3ccc(Br)cc32)n1.OCc1cccc(Br)n1. The Morgan fingerprint density at radius 3 is 2.22 bits per heavy atom. The molecule has 0 saturated carbocycles. The average Bonchev–Trinajstić information content (AvgIpc) is 3.56. The number of halogens is 3. The smallest absolute Gasteiger partial charge is 0.154 e. The summed E-state index contributed by atoms with van der Waals surface area (Å²) >= 11 is 10.0. The van der Waals surface area contributed by atoms with Gasteiger partial charge in [0, 0.05) is 20.5 Å². The Morgan fingerprint density at radius 1 is 0.784 bits per heavy atom. The van der Waals surface area contributed by atoms with Crippen LogP contribution in [0.1, 0.15) is 22.5 Å². The minimum absolute atomic E-state index is 0.000556. The third-order valence-electron chi connectivity index (χ3n) is 5.24. The van der Waals surface area contributed by atoms with Crippen LogP contribution < -0.4 is 0 Å². The number of aromatic nitrogens is 4. The van der Waals surface area contributed by atoms with Crippen molar-refractivity contribution in [3.05, 3.63) is 115 Å². The Morgan fingerprint density at radius 2 is 1.49 bits per heavy atom. The van der Waals surface area contributed by atoms with E-state index in [0.29, 0.717) is 17.2 Å². The molecule has 2 N–H and O–H groups in total. The van der Waals surface area contributed by atoms with Gasteiger partial charge in [0.2, 0.25) is 0 Å². The van der Waals surface area contributed by atoms with E-state index in [1.165, 1.54) is 11.1 Å². The minimum Gasteiger partial charge on any atom is -0.390 e. The first-order valence-corrected chi connectivity index (χ1v) is 13.6. The summed E-state index contributed by atoms with van der Waals surface area (Å²) in [5, 5.41) is 23.1. The number of hydrogen-bond acceptors (Lipinski definition) is 6. The molecule has 4 heterocycles. The molecule has 0 bridgehead atoms. The predicted molar refractivity (Wildman–Crippen MR) is 156 cm³/mol. The molecule has 0 amide bonds. The highest BCUT2D eigenvalue weighted by Gasteiger charge is 2.07. The molecule has 0 fully saturated rings. The number of rotatable bonds is 3. The monoisotopic (exact) mass is 685 g/mol. The van der Waals surface area contributed by atoms with E-state index in [2.05, 4.69) is 80.0 Å². The van der Waals surface area contributed by atoms with Crippen LogP contribution in [0.15, 0.2) is 97.5 Å². The molecule has 10 heteroatoms. The molecule has 0 atom stereocenters. The lowest BCUT2D eigenvalue weighted by molar-refractivity contribution is 0.276. The maximum Gasteiger partial charge on any atom is 0.154 e. The first-order valence-electron chi connectivity index (χ1n) is 11.2. The van der Waals surface area contributed by atoms with Gasteiger partial charge in [0.25, 0.3) is 0 Å². The van der Waals surface area contributed by atoms with Crippen molar-refractivity contribution in [3.63, 3.8) is 0 Å². The van der Waals surface area contributed by atoms with Gasteiger partial charge in [-0.05, 0) is 75.6 Å². The average molecular weight is 688 g/mol. The molecule has 0 saturated heterocycles. The summed E-state index contributed by atoms with van der Waals surface area (Å²) in [5.74, 6) is 0.703. The van der Waals surface area contributed by atoms with Gasteiger partial charge in [0.05, 0.1) is 42.9 Å². The Balaban J connectivity index is 0.000000143. The van der Waals surface area contributed by atoms with Crippen LogP contribution in [0.2, 0.25) is 0 Å². The molecule has 0 spiro atoms. The maximum absolute atomic E-state index is 9.12. The van der Waals surface area contributed by atoms with E-state index in [4.69, 9.17) is 10.2 Å². The molecule has 0 radical (unpaired) electrons. The number of hydrogen-bond donors (Lipinski definition) is 2. The summed E-state index contributed by atoms with van der Waals surface area (Å²) in [7, 11) is 0. The summed E-state index contributed by atoms with van der Waals surface area (Å²) in [6, 6.07) is 23.1. The summed E-state index contributed by atoms with van der Waals surface area (Å²) in [4.78, 5) is 12.5. The first-order chi connectivity index (χ1) is 18.0. The van der Waals surface area contributed by atoms with Crippen LogP contribution in [0.4, 0.5) is 0 Å². The van der Waals surface area contributed by atoms with Gasteiger partial charge in [-0.1, -0.05) is 56.1 Å². The zero-order valence-electron chi connectivity index (χ0n) is 19.5.